The number of aromatic amines is 1. The molecule has 258 valence electrons. The molecule has 51 heavy (non-hydrogen) atoms. The van der Waals surface area contributed by atoms with Gasteiger partial charge in [0.1, 0.15) is 0 Å². The highest BCUT2D eigenvalue weighted by atomic mass is 16.4. The van der Waals surface area contributed by atoms with Gasteiger partial charge >= 0.3 is 11.9 Å². The molecule has 3 aliphatic rings. The average molecular weight is 683 g/mol. The smallest absolute Gasteiger partial charge is 0.303 e. The van der Waals surface area contributed by atoms with Gasteiger partial charge in [0.25, 0.3) is 11.8 Å². The minimum atomic E-state index is -0.946. The molecule has 0 saturated carbocycles. The van der Waals surface area contributed by atoms with Gasteiger partial charge in [0.2, 0.25) is 0 Å². The molecule has 6 rings (SSSR count). The minimum Gasteiger partial charge on any atom is -0.481 e. The highest BCUT2D eigenvalue weighted by Gasteiger charge is 2.29. The maximum absolute atomic E-state index is 13.0. The van der Waals surface area contributed by atoms with Crippen LogP contribution in [0.3, 0.4) is 0 Å². The summed E-state index contributed by atoms with van der Waals surface area (Å²) in [5.74, 6) is -2.29. The van der Waals surface area contributed by atoms with Crippen LogP contribution in [-0.4, -0.2) is 44.7 Å². The number of allylic oxidation sites excluding steroid dienone is 5. The lowest BCUT2D eigenvalue weighted by atomic mass is 9.97. The molecule has 3 aromatic rings. The molecule has 0 aliphatic carbocycles. The number of carboxylic acid groups (broad SMARTS) is 2. The number of amides is 2. The monoisotopic (exact) mass is 682 g/mol. The molecule has 0 bridgehead atoms. The van der Waals surface area contributed by atoms with Crippen molar-refractivity contribution < 1.29 is 29.4 Å². The molecule has 1 aromatic heterocycles. The predicted molar refractivity (Wildman–Crippen MR) is 197 cm³/mol. The van der Waals surface area contributed by atoms with Gasteiger partial charge in [-0.05, 0) is 97.7 Å². The second-order valence-electron chi connectivity index (χ2n) is 12.7. The van der Waals surface area contributed by atoms with Gasteiger partial charge in [-0.25, -0.2) is 4.99 Å². The summed E-state index contributed by atoms with van der Waals surface area (Å²) >= 11 is 0. The van der Waals surface area contributed by atoms with Crippen molar-refractivity contribution in [2.75, 3.05) is 0 Å². The molecular weight excluding hydrogens is 644 g/mol. The number of aliphatic carboxylic acids is 2. The van der Waals surface area contributed by atoms with Crippen LogP contribution in [0.25, 0.3) is 23.3 Å². The van der Waals surface area contributed by atoms with Crippen LogP contribution in [0.5, 0.6) is 0 Å². The third kappa shape index (κ3) is 7.07. The highest BCUT2D eigenvalue weighted by Crippen LogP contribution is 2.36. The van der Waals surface area contributed by atoms with Crippen LogP contribution in [0, 0.1) is 6.92 Å². The van der Waals surface area contributed by atoms with Gasteiger partial charge in [0.15, 0.2) is 0 Å². The zero-order chi connectivity index (χ0) is 36.4. The first-order valence-corrected chi connectivity index (χ1v) is 16.7. The molecule has 0 atom stereocenters. The van der Waals surface area contributed by atoms with Crippen molar-refractivity contribution in [3.8, 4) is 0 Å². The number of H-pyrrole nitrogens is 1. The number of aliphatic imine (C=N–C) groups is 1. The molecule has 4 heterocycles. The molecule has 5 N–H and O–H groups in total. The Balaban J connectivity index is 1.44. The van der Waals surface area contributed by atoms with Crippen LogP contribution in [0.15, 0.2) is 111 Å². The predicted octanol–water partition coefficient (Wildman–Crippen LogP) is 6.75. The van der Waals surface area contributed by atoms with E-state index in [4.69, 9.17) is 4.99 Å². The fraction of sp³-hybridized carbons (Fsp3) is 0.195. The van der Waals surface area contributed by atoms with E-state index in [2.05, 4.69) is 15.6 Å². The Morgan fingerprint density at radius 2 is 1.25 bits per heavy atom. The van der Waals surface area contributed by atoms with Gasteiger partial charge in [-0.3, -0.25) is 19.2 Å². The summed E-state index contributed by atoms with van der Waals surface area (Å²) in [6, 6.07) is 19.0. The largest absolute Gasteiger partial charge is 0.481 e. The summed E-state index contributed by atoms with van der Waals surface area (Å²) in [5.41, 5.74) is 11.2. The summed E-state index contributed by atoms with van der Waals surface area (Å²) in [6.07, 6.45) is 5.74. The van der Waals surface area contributed by atoms with E-state index in [1.807, 2.05) is 99.7 Å². The van der Waals surface area contributed by atoms with E-state index in [-0.39, 0.29) is 37.5 Å². The second kappa shape index (κ2) is 14.3. The Kier molecular flexibility index (Phi) is 9.68. The van der Waals surface area contributed by atoms with Gasteiger partial charge in [0.05, 0.1) is 22.7 Å². The summed E-state index contributed by atoms with van der Waals surface area (Å²) < 4.78 is 0. The molecule has 2 amide bonds. The van der Waals surface area contributed by atoms with E-state index in [1.165, 1.54) is 0 Å². The first-order chi connectivity index (χ1) is 24.4. The zero-order valence-corrected chi connectivity index (χ0v) is 28.8. The first-order valence-electron chi connectivity index (χ1n) is 16.7. The number of nitrogens with one attached hydrogen (secondary N) is 3. The van der Waals surface area contributed by atoms with Crippen molar-refractivity contribution in [3.63, 3.8) is 0 Å². The van der Waals surface area contributed by atoms with E-state index < -0.39 is 11.9 Å². The molecule has 0 radical (unpaired) electrons. The number of carbonyl (C=O) groups excluding carboxylic acids is 2. The normalized spacial score (nSPS) is 18.4. The Morgan fingerprint density at radius 1 is 0.667 bits per heavy atom. The summed E-state index contributed by atoms with van der Waals surface area (Å²) in [7, 11) is 0. The molecule has 0 unspecified atom stereocenters. The van der Waals surface area contributed by atoms with Crippen LogP contribution >= 0.6 is 0 Å². The highest BCUT2D eigenvalue weighted by molar-refractivity contribution is 6.25. The van der Waals surface area contributed by atoms with Gasteiger partial charge < -0.3 is 25.8 Å². The third-order valence-corrected chi connectivity index (χ3v) is 9.48. The van der Waals surface area contributed by atoms with Crippen molar-refractivity contribution in [1.29, 1.82) is 0 Å². The van der Waals surface area contributed by atoms with Crippen molar-refractivity contribution in [3.05, 3.63) is 140 Å². The molecule has 2 aromatic carbocycles. The fourth-order valence-electron chi connectivity index (χ4n) is 6.71. The summed E-state index contributed by atoms with van der Waals surface area (Å²) in [5, 5.41) is 25.1. The van der Waals surface area contributed by atoms with Gasteiger partial charge in [-0.15, -0.1) is 0 Å². The quantitative estimate of drug-likeness (QED) is 0.150. The lowest BCUT2D eigenvalue weighted by Crippen LogP contribution is -2.16. The summed E-state index contributed by atoms with van der Waals surface area (Å²) in [6.45, 7) is 7.44. The SMILES string of the molecule is CC1=C(CCC(=O)O)C(=Cc2[nH]c(/C=C3\NC(=O)C(C)=C3c3ccccc3)c(C)c2CCC(=O)O)N=C1/C=C1\NC(=O)C(c2ccccc2)=C1C. The number of aromatic nitrogens is 1. The van der Waals surface area contributed by atoms with Gasteiger partial charge in [-0.1, -0.05) is 60.7 Å². The van der Waals surface area contributed by atoms with E-state index in [0.29, 0.717) is 45.3 Å². The molecule has 0 fully saturated rings. The standard InChI is InChI=1S/C41H38N4O6/c1-22-28(15-17-36(46)47)33(42-30(22)19-32-24(3)39(41(51)44-32)27-13-9-6-10-14-27)21-34-29(16-18-37(48)49)23(2)31(43-34)20-35-38(25(4)40(50)45-35)26-11-7-5-8-12-26/h5-14,19-21,43H,15-18H2,1-4H3,(H,44,51)(H,45,50)(H,46,47)(H,48,49)/b32-19-,33-21?,35-20-. The van der Waals surface area contributed by atoms with Crippen LogP contribution in [-0.2, 0) is 25.6 Å². The van der Waals surface area contributed by atoms with E-state index in [0.717, 1.165) is 44.5 Å². The van der Waals surface area contributed by atoms with Gasteiger partial charge in [-0.2, -0.15) is 0 Å². The van der Waals surface area contributed by atoms with Crippen LogP contribution in [0.1, 0.15) is 73.7 Å². The molecular formula is C41H38N4O6. The number of rotatable bonds is 11. The first kappa shape index (κ1) is 34.6. The minimum absolute atomic E-state index is 0.105. The lowest BCUT2D eigenvalue weighted by Gasteiger charge is -2.07. The number of hydrogen-bond donors (Lipinski definition) is 5. The number of benzene rings is 2. The fourth-order valence-corrected chi connectivity index (χ4v) is 6.71. The Hall–Kier alpha value is -6.29. The number of nitrogens with zero attached hydrogens (tertiary/aromatic N) is 1. The third-order valence-electron chi connectivity index (χ3n) is 9.48. The van der Waals surface area contributed by atoms with E-state index in [1.54, 1.807) is 6.92 Å². The maximum atomic E-state index is 13.0. The van der Waals surface area contributed by atoms with Crippen molar-refractivity contribution >= 4 is 52.8 Å². The van der Waals surface area contributed by atoms with Crippen LogP contribution in [0.2, 0.25) is 0 Å². The molecule has 0 spiro atoms. The summed E-state index contributed by atoms with van der Waals surface area (Å²) in [4.78, 5) is 57.6. The molecule has 0 saturated heterocycles. The Labute approximate surface area is 295 Å². The van der Waals surface area contributed by atoms with Crippen molar-refractivity contribution in [2.24, 2.45) is 4.99 Å². The molecule has 3 aliphatic heterocycles. The molecule has 10 nitrogen and oxygen atoms in total. The topological polar surface area (TPSA) is 161 Å². The van der Waals surface area contributed by atoms with Crippen LogP contribution in [0.4, 0.5) is 0 Å². The average Bonchev–Trinajstić information content (AvgIpc) is 3.75. The maximum Gasteiger partial charge on any atom is 0.303 e. The number of carbonyl (C=O) groups is 4. The van der Waals surface area contributed by atoms with Crippen molar-refractivity contribution in [1.82, 2.24) is 15.6 Å². The Morgan fingerprint density at radius 3 is 1.88 bits per heavy atom. The van der Waals surface area contributed by atoms with Gasteiger partial charge in [0, 0.05) is 41.1 Å². The Bertz CT molecular complexity index is 2210. The molecule has 10 heteroatoms. The zero-order valence-electron chi connectivity index (χ0n) is 28.8. The lowest BCUT2D eigenvalue weighted by molar-refractivity contribution is -0.138. The van der Waals surface area contributed by atoms with E-state index in [9.17, 15) is 29.4 Å². The van der Waals surface area contributed by atoms with Crippen molar-refractivity contribution in [2.45, 2.75) is 53.4 Å². The van der Waals surface area contributed by atoms with E-state index >= 15 is 0 Å². The number of carboxylic acids is 2. The number of hydrogen-bond acceptors (Lipinski definition) is 5. The second-order valence-corrected chi connectivity index (χ2v) is 12.7. The van der Waals surface area contributed by atoms with Crippen LogP contribution < -0.4 is 10.6 Å².